The third-order valence-electron chi connectivity index (χ3n) is 5.96. The average molecular weight is 513 g/mol. The van der Waals surface area contributed by atoms with Crippen molar-refractivity contribution in [2.75, 3.05) is 11.9 Å². The number of rotatable bonds is 6. The van der Waals surface area contributed by atoms with Gasteiger partial charge in [-0.3, -0.25) is 9.59 Å². The van der Waals surface area contributed by atoms with Crippen molar-refractivity contribution in [3.05, 3.63) is 102 Å². The summed E-state index contributed by atoms with van der Waals surface area (Å²) in [6.07, 6.45) is -1.72. The number of benzene rings is 3. The summed E-state index contributed by atoms with van der Waals surface area (Å²) in [5.41, 5.74) is 2.97. The maximum atomic E-state index is 13.6. The number of likely N-dealkylation sites (N-methyl/N-ethyl adjacent to an activating group) is 1. The van der Waals surface area contributed by atoms with Gasteiger partial charge in [0.2, 0.25) is 12.1 Å². The Kier molecular flexibility index (Phi) is 7.90. The van der Waals surface area contributed by atoms with Crippen LogP contribution in [-0.2, 0) is 20.7 Å². The molecule has 0 fully saturated rings. The van der Waals surface area contributed by atoms with Crippen LogP contribution in [0.2, 0.25) is 0 Å². The van der Waals surface area contributed by atoms with E-state index in [1.165, 1.54) is 4.90 Å². The molecule has 0 aliphatic carbocycles. The summed E-state index contributed by atoms with van der Waals surface area (Å²) in [7, 11) is 1.66. The van der Waals surface area contributed by atoms with E-state index in [0.29, 0.717) is 11.4 Å². The zero-order valence-electron chi connectivity index (χ0n) is 22.0. The van der Waals surface area contributed by atoms with Crippen molar-refractivity contribution in [2.45, 2.75) is 45.0 Å². The first kappa shape index (κ1) is 26.6. The molecule has 196 valence electrons. The van der Waals surface area contributed by atoms with Gasteiger partial charge in [0.25, 0.3) is 5.91 Å². The number of nitrogens with zero attached hydrogens (tertiary/aromatic N) is 2. The maximum absolute atomic E-state index is 13.6. The van der Waals surface area contributed by atoms with Gasteiger partial charge in [0.1, 0.15) is 11.6 Å². The van der Waals surface area contributed by atoms with E-state index in [9.17, 15) is 14.4 Å². The van der Waals surface area contributed by atoms with Crippen LogP contribution in [-0.4, -0.2) is 48.5 Å². The predicted octanol–water partition coefficient (Wildman–Crippen LogP) is 4.08. The van der Waals surface area contributed by atoms with Crippen molar-refractivity contribution < 1.29 is 19.1 Å². The fourth-order valence-electron chi connectivity index (χ4n) is 4.19. The third kappa shape index (κ3) is 6.45. The van der Waals surface area contributed by atoms with E-state index in [1.54, 1.807) is 27.8 Å². The molecular formula is C30H32N4O4. The number of benzodiazepines with no additional fused rings is 1. The summed E-state index contributed by atoms with van der Waals surface area (Å²) >= 11 is 0. The molecule has 0 saturated heterocycles. The van der Waals surface area contributed by atoms with Crippen molar-refractivity contribution in [3.8, 4) is 0 Å². The Labute approximate surface area is 222 Å². The Morgan fingerprint density at radius 3 is 2.21 bits per heavy atom. The third-order valence-corrected chi connectivity index (χ3v) is 5.96. The minimum Gasteiger partial charge on any atom is -0.444 e. The van der Waals surface area contributed by atoms with E-state index in [2.05, 4.69) is 10.6 Å². The van der Waals surface area contributed by atoms with Gasteiger partial charge in [-0.15, -0.1) is 0 Å². The summed E-state index contributed by atoms with van der Waals surface area (Å²) in [6.45, 7) is 5.24. The summed E-state index contributed by atoms with van der Waals surface area (Å²) in [5.74, 6) is -0.943. The summed E-state index contributed by atoms with van der Waals surface area (Å²) in [5, 5.41) is 5.44. The fourth-order valence-corrected chi connectivity index (χ4v) is 4.19. The topological polar surface area (TPSA) is 100 Å². The number of hydrogen-bond acceptors (Lipinski definition) is 5. The van der Waals surface area contributed by atoms with Crippen LogP contribution in [0.1, 0.15) is 37.5 Å². The summed E-state index contributed by atoms with van der Waals surface area (Å²) in [6, 6.07) is 25.3. The number of aliphatic imine (C=N–C) groups is 1. The van der Waals surface area contributed by atoms with E-state index in [1.807, 2.05) is 84.9 Å². The molecule has 0 bridgehead atoms. The number of amides is 3. The highest BCUT2D eigenvalue weighted by atomic mass is 16.6. The van der Waals surface area contributed by atoms with Crippen molar-refractivity contribution >= 4 is 29.3 Å². The van der Waals surface area contributed by atoms with Gasteiger partial charge in [-0.2, -0.15) is 0 Å². The molecule has 0 aromatic heterocycles. The molecule has 3 aromatic rings. The van der Waals surface area contributed by atoms with Crippen LogP contribution in [0.5, 0.6) is 0 Å². The van der Waals surface area contributed by atoms with Crippen molar-refractivity contribution in [1.29, 1.82) is 0 Å². The Bertz CT molecular complexity index is 1330. The zero-order valence-corrected chi connectivity index (χ0v) is 22.0. The van der Waals surface area contributed by atoms with Crippen LogP contribution in [0.3, 0.4) is 0 Å². The minimum absolute atomic E-state index is 0.206. The zero-order chi connectivity index (χ0) is 27.3. The second-order valence-electron chi connectivity index (χ2n) is 10.1. The molecule has 3 amide bonds. The Morgan fingerprint density at radius 1 is 0.947 bits per heavy atom. The summed E-state index contributed by atoms with van der Waals surface area (Å²) < 4.78 is 5.39. The molecule has 4 rings (SSSR count). The molecule has 0 radical (unpaired) electrons. The number of alkyl carbamates (subject to hydrolysis) is 1. The van der Waals surface area contributed by atoms with E-state index in [-0.39, 0.29) is 6.42 Å². The lowest BCUT2D eigenvalue weighted by atomic mass is 10.0. The van der Waals surface area contributed by atoms with Crippen LogP contribution in [0, 0.1) is 0 Å². The van der Waals surface area contributed by atoms with Crippen molar-refractivity contribution in [1.82, 2.24) is 10.6 Å². The van der Waals surface area contributed by atoms with Crippen LogP contribution in [0.25, 0.3) is 0 Å². The van der Waals surface area contributed by atoms with Gasteiger partial charge < -0.3 is 20.3 Å². The molecule has 1 heterocycles. The molecule has 8 heteroatoms. The van der Waals surface area contributed by atoms with Crippen molar-refractivity contribution in [2.24, 2.45) is 4.99 Å². The number of hydrogen-bond donors (Lipinski definition) is 2. The standard InChI is InChI=1S/C30H32N4O4/c1-30(2,3)38-29(37)31-23(19-20-13-7-5-8-14-20)27(35)33-26-28(36)34(4)24-18-12-11-17-22(24)25(32-26)21-15-9-6-10-16-21/h5-18,23,26H,19H2,1-4H3,(H,31,37)(H,33,35)/t23-,26+/m0/s1. The quantitative estimate of drug-likeness (QED) is 0.520. The van der Waals surface area contributed by atoms with Gasteiger partial charge in [0, 0.05) is 24.6 Å². The molecule has 1 aliphatic rings. The van der Waals surface area contributed by atoms with Crippen LogP contribution >= 0.6 is 0 Å². The van der Waals surface area contributed by atoms with Gasteiger partial charge in [-0.05, 0) is 32.4 Å². The van der Waals surface area contributed by atoms with Gasteiger partial charge >= 0.3 is 6.09 Å². The van der Waals surface area contributed by atoms with Crippen molar-refractivity contribution in [3.63, 3.8) is 0 Å². The average Bonchev–Trinajstić information content (AvgIpc) is 2.99. The fraction of sp³-hybridized carbons (Fsp3) is 0.267. The first-order valence-electron chi connectivity index (χ1n) is 12.5. The number of ether oxygens (including phenoxy) is 1. The lowest BCUT2D eigenvalue weighted by Gasteiger charge is -2.25. The highest BCUT2D eigenvalue weighted by Gasteiger charge is 2.33. The number of para-hydroxylation sites is 1. The van der Waals surface area contributed by atoms with Crippen LogP contribution < -0.4 is 15.5 Å². The SMILES string of the molecule is CN1C(=O)[C@@H](NC(=O)[C@H](Cc2ccccc2)NC(=O)OC(C)(C)C)N=C(c2ccccc2)c2ccccc21. The molecular weight excluding hydrogens is 480 g/mol. The number of fused-ring (bicyclic) bond motifs is 1. The predicted molar refractivity (Wildman–Crippen MR) is 147 cm³/mol. The van der Waals surface area contributed by atoms with Gasteiger partial charge in [-0.25, -0.2) is 9.79 Å². The molecule has 8 nitrogen and oxygen atoms in total. The molecule has 2 N–H and O–H groups in total. The Hall–Kier alpha value is -4.46. The summed E-state index contributed by atoms with van der Waals surface area (Å²) in [4.78, 5) is 45.9. The monoisotopic (exact) mass is 512 g/mol. The Morgan fingerprint density at radius 2 is 1.55 bits per heavy atom. The van der Waals surface area contributed by atoms with Crippen LogP contribution in [0.4, 0.5) is 10.5 Å². The molecule has 1 aliphatic heterocycles. The molecule has 3 aromatic carbocycles. The Balaban J connectivity index is 1.66. The number of nitrogens with one attached hydrogen (secondary N) is 2. The largest absolute Gasteiger partial charge is 0.444 e. The second-order valence-corrected chi connectivity index (χ2v) is 10.1. The van der Waals surface area contributed by atoms with Gasteiger partial charge in [0.05, 0.1) is 11.4 Å². The lowest BCUT2D eigenvalue weighted by Crippen LogP contribution is -2.54. The first-order chi connectivity index (χ1) is 18.1. The molecule has 0 saturated carbocycles. The smallest absolute Gasteiger partial charge is 0.408 e. The maximum Gasteiger partial charge on any atom is 0.408 e. The van der Waals surface area contributed by atoms with E-state index in [4.69, 9.17) is 9.73 Å². The highest BCUT2D eigenvalue weighted by Crippen LogP contribution is 2.27. The first-order valence-corrected chi connectivity index (χ1v) is 12.5. The molecule has 0 unspecified atom stereocenters. The lowest BCUT2D eigenvalue weighted by molar-refractivity contribution is -0.128. The molecule has 38 heavy (non-hydrogen) atoms. The molecule has 2 atom stereocenters. The minimum atomic E-state index is -1.20. The second kappa shape index (κ2) is 11.3. The van der Waals surface area contributed by atoms with E-state index < -0.39 is 35.7 Å². The van der Waals surface area contributed by atoms with E-state index >= 15 is 0 Å². The normalized spacial score (nSPS) is 16.0. The van der Waals surface area contributed by atoms with Crippen LogP contribution in [0.15, 0.2) is 89.9 Å². The number of anilines is 1. The van der Waals surface area contributed by atoms with Gasteiger partial charge in [-0.1, -0.05) is 78.9 Å². The van der Waals surface area contributed by atoms with E-state index in [0.717, 1.165) is 16.7 Å². The number of carbonyl (C=O) groups is 3. The number of carbonyl (C=O) groups excluding carboxylic acids is 3. The molecule has 0 spiro atoms. The van der Waals surface area contributed by atoms with Gasteiger partial charge in [0.15, 0.2) is 0 Å². The highest BCUT2D eigenvalue weighted by molar-refractivity contribution is 6.20.